The van der Waals surface area contributed by atoms with Crippen molar-refractivity contribution in [1.82, 2.24) is 0 Å². The van der Waals surface area contributed by atoms with Crippen molar-refractivity contribution < 1.29 is 39.5 Å². The second-order valence-corrected chi connectivity index (χ2v) is 36.3. The van der Waals surface area contributed by atoms with Crippen molar-refractivity contribution in [2.24, 2.45) is 75.9 Å². The monoisotopic (exact) mass is 1430 g/mol. The molecule has 0 heterocycles. The zero-order chi connectivity index (χ0) is 73.7. The first kappa shape index (κ1) is 92.6. The van der Waals surface area contributed by atoms with Crippen molar-refractivity contribution >= 4 is 11.9 Å². The predicted octanol–water partition coefficient (Wildman–Crippen LogP) is 28.2. The molecule has 0 amide bonds. The molecule has 8 aliphatic carbocycles. The minimum absolute atomic E-state index is 0.0668. The van der Waals surface area contributed by atoms with Crippen molar-refractivity contribution in [3.05, 3.63) is 23.8 Å². The summed E-state index contributed by atoms with van der Waals surface area (Å²) in [6.07, 6.45) is 87.0. The Morgan fingerprint density at radius 2 is 0.961 bits per heavy atom. The summed E-state index contributed by atoms with van der Waals surface area (Å²) < 4.78 is 11.6. The smallest absolute Gasteiger partial charge is 0.303 e. The van der Waals surface area contributed by atoms with Gasteiger partial charge < -0.3 is 29.9 Å². The summed E-state index contributed by atoms with van der Waals surface area (Å²) >= 11 is 0. The highest BCUT2D eigenvalue weighted by Gasteiger charge is 2.59. The van der Waals surface area contributed by atoms with Crippen molar-refractivity contribution in [1.29, 1.82) is 0 Å². The van der Waals surface area contributed by atoms with Gasteiger partial charge in [0.2, 0.25) is 0 Å². The van der Waals surface area contributed by atoms with Crippen LogP contribution >= 0.6 is 0 Å². The molecule has 8 nitrogen and oxygen atoms in total. The summed E-state index contributed by atoms with van der Waals surface area (Å²) in [5.41, 5.74) is 2.60. The number of hydrogen-bond acceptors (Lipinski definition) is 6. The molecule has 0 aromatic carbocycles. The number of carbonyl (C=O) groups is 2. The van der Waals surface area contributed by atoms with Gasteiger partial charge in [0, 0.05) is 26.1 Å². The lowest BCUT2D eigenvalue weighted by Gasteiger charge is -2.58. The molecule has 4 N–H and O–H groups in total. The van der Waals surface area contributed by atoms with Gasteiger partial charge in [0.1, 0.15) is 6.10 Å². The topological polar surface area (TPSA) is 134 Å². The molecule has 0 aromatic heterocycles. The van der Waals surface area contributed by atoms with Gasteiger partial charge in [-0.15, -0.1) is 0 Å². The molecule has 0 spiro atoms. The number of aliphatic carboxylic acids is 2. The van der Waals surface area contributed by atoms with E-state index in [0.29, 0.717) is 36.2 Å². The van der Waals surface area contributed by atoms with E-state index in [4.69, 9.17) is 19.7 Å². The molecule has 8 aliphatic rings. The molecular formula is C94H174O8. The molecule has 8 heteroatoms. The number of aliphatic hydroxyl groups excluding tert-OH is 2. The highest BCUT2D eigenvalue weighted by molar-refractivity contribution is 5.67. The summed E-state index contributed by atoms with van der Waals surface area (Å²) in [7, 11) is 0. The lowest BCUT2D eigenvalue weighted by Crippen LogP contribution is -2.50. The number of hydrogen-bond donors (Lipinski definition) is 4. The SMILES string of the molecule is CC(C)CCCC(C)C1CCC2C3CC=C4C[C@H](O)CC[C@]4(C)C3CC[C@]12C.CCCCCCCC/C=C\CCCCCCCCCC(=O)O.CCCCCCCCCCCCCCCCOCC(CO)OCCCCCCCCCCCCCCCC.O=C(O)CC1C2CC3CC(C2)CC1C3. The molecule has 6 unspecified atom stereocenters. The van der Waals surface area contributed by atoms with Crippen molar-refractivity contribution in [3.8, 4) is 0 Å². The summed E-state index contributed by atoms with van der Waals surface area (Å²) in [6.45, 7) is 21.6. The fourth-order valence-electron chi connectivity index (χ4n) is 21.3. The molecule has 102 heavy (non-hydrogen) atoms. The van der Waals surface area contributed by atoms with Gasteiger partial charge in [-0.2, -0.15) is 0 Å². The van der Waals surface area contributed by atoms with Crippen LogP contribution in [0, 0.1) is 75.9 Å². The van der Waals surface area contributed by atoms with Crippen LogP contribution < -0.4 is 0 Å². The first-order chi connectivity index (χ1) is 49.6. The van der Waals surface area contributed by atoms with Gasteiger partial charge in [-0.3, -0.25) is 9.59 Å². The van der Waals surface area contributed by atoms with Crippen LogP contribution in [0.25, 0.3) is 0 Å². The van der Waals surface area contributed by atoms with Gasteiger partial charge in [-0.25, -0.2) is 0 Å². The molecule has 4 bridgehead atoms. The largest absolute Gasteiger partial charge is 0.481 e. The zero-order valence-electron chi connectivity index (χ0n) is 69.1. The molecule has 9 atom stereocenters. The second kappa shape index (κ2) is 58.3. The fourth-order valence-corrected chi connectivity index (χ4v) is 21.3. The Kier molecular flexibility index (Phi) is 52.9. The normalized spacial score (nSPS) is 26.6. The van der Waals surface area contributed by atoms with Gasteiger partial charge >= 0.3 is 11.9 Å². The molecule has 8 rings (SSSR count). The van der Waals surface area contributed by atoms with Crippen LogP contribution in [0.5, 0.6) is 0 Å². The molecule has 0 aromatic rings. The number of fused-ring (bicyclic) bond motifs is 5. The van der Waals surface area contributed by atoms with Gasteiger partial charge in [-0.1, -0.05) is 330 Å². The minimum atomic E-state index is -0.659. The van der Waals surface area contributed by atoms with E-state index in [2.05, 4.69) is 73.6 Å². The van der Waals surface area contributed by atoms with E-state index in [1.807, 2.05) is 0 Å². The van der Waals surface area contributed by atoms with Crippen LogP contribution in [0.1, 0.15) is 447 Å². The van der Waals surface area contributed by atoms with Crippen molar-refractivity contribution in [2.45, 2.75) is 459 Å². The van der Waals surface area contributed by atoms with E-state index < -0.39 is 11.9 Å². The summed E-state index contributed by atoms with van der Waals surface area (Å²) in [4.78, 5) is 21.1. The van der Waals surface area contributed by atoms with Crippen molar-refractivity contribution in [3.63, 3.8) is 0 Å². The summed E-state index contributed by atoms with van der Waals surface area (Å²) in [5, 5.41) is 37.2. The Hall–Kier alpha value is -1.74. The van der Waals surface area contributed by atoms with Crippen LogP contribution in [0.3, 0.4) is 0 Å². The molecule has 0 saturated heterocycles. The van der Waals surface area contributed by atoms with E-state index in [1.54, 1.807) is 5.57 Å². The number of unbranched alkanes of at least 4 members (excludes halogenated alkanes) is 39. The Morgan fingerprint density at radius 1 is 0.510 bits per heavy atom. The number of ether oxygens (including phenoxy) is 2. The number of aliphatic hydroxyl groups is 2. The average molecular weight is 1430 g/mol. The number of carboxylic acids is 2. The van der Waals surface area contributed by atoms with E-state index in [-0.39, 0.29) is 18.8 Å². The third-order valence-corrected chi connectivity index (χ3v) is 27.3. The van der Waals surface area contributed by atoms with Crippen molar-refractivity contribution in [2.75, 3.05) is 26.4 Å². The van der Waals surface area contributed by atoms with Gasteiger partial charge in [-0.05, 0) is 204 Å². The van der Waals surface area contributed by atoms with E-state index in [1.165, 1.54) is 340 Å². The number of carboxylic acid groups (broad SMARTS) is 2. The Bertz CT molecular complexity index is 2040. The highest BCUT2D eigenvalue weighted by Crippen LogP contribution is 2.67. The maximum absolute atomic E-state index is 10.8. The summed E-state index contributed by atoms with van der Waals surface area (Å²) in [5.74, 6) is 8.20. The highest BCUT2D eigenvalue weighted by atomic mass is 16.5. The number of allylic oxidation sites excluding steroid dienone is 3. The van der Waals surface area contributed by atoms with Crippen LogP contribution in [0.4, 0.5) is 0 Å². The second-order valence-electron chi connectivity index (χ2n) is 36.3. The van der Waals surface area contributed by atoms with Gasteiger partial charge in [0.15, 0.2) is 0 Å². The Balaban J connectivity index is 0.000000303. The Labute approximate surface area is 633 Å². The van der Waals surface area contributed by atoms with E-state index in [9.17, 15) is 19.8 Å². The first-order valence-electron chi connectivity index (χ1n) is 45.9. The van der Waals surface area contributed by atoms with Crippen LogP contribution in [0.15, 0.2) is 23.8 Å². The molecule has 0 aliphatic heterocycles. The average Bonchev–Trinajstić information content (AvgIpc) is 1.41. The molecule has 598 valence electrons. The zero-order valence-corrected chi connectivity index (χ0v) is 69.1. The van der Waals surface area contributed by atoms with Gasteiger partial charge in [0.05, 0.1) is 19.3 Å². The third kappa shape index (κ3) is 39.1. The predicted molar refractivity (Wildman–Crippen MR) is 436 cm³/mol. The standard InChI is InChI=1S/C35H72O3.C27H46O.C20H38O2.C12H18O2/c1-3-5-7-9-11-13-15-17-19-21-23-25-27-29-31-37-34-35(33-36)38-32-30-28-26-24-22-20-18-16-14-12-10-8-6-4-2;1-18(2)7-6-8-19(3)23-11-12-24-22-10-9-20-17-21(28)13-15-26(20,4)25(22)14-16-27(23,24)5;1-2-3-4-5-6-7-8-9-10-11-12-13-14-15-16-17-18-19-20(21)22;13-12(14)6-11-9-2-7-1-8(4-9)5-10(11)3-7/h35-36H,3-34H2,1-2H3;9,18-19,21-25,28H,6-8,10-17H2,1-5H3;9-10H,2-8,11-19H2,1H3,(H,21,22);7-11H,1-6H2,(H,13,14)/b;;10-9-;/t;19?,21-,22?,23?,24?,25?,26+,27-;;/m.1../s1. The van der Waals surface area contributed by atoms with E-state index in [0.717, 1.165) is 111 Å². The minimum Gasteiger partial charge on any atom is -0.481 e. The van der Waals surface area contributed by atoms with Gasteiger partial charge in [0.25, 0.3) is 0 Å². The van der Waals surface area contributed by atoms with Crippen LogP contribution in [0.2, 0.25) is 0 Å². The lowest BCUT2D eigenvalue weighted by atomic mass is 9.47. The van der Waals surface area contributed by atoms with Crippen LogP contribution in [-0.4, -0.2) is 71.0 Å². The van der Waals surface area contributed by atoms with Crippen LogP contribution in [-0.2, 0) is 19.1 Å². The Morgan fingerprint density at radius 3 is 1.41 bits per heavy atom. The lowest BCUT2D eigenvalue weighted by molar-refractivity contribution is -0.142. The maximum atomic E-state index is 10.8. The quantitative estimate of drug-likeness (QED) is 0.0350. The molecule has 7 saturated carbocycles. The summed E-state index contributed by atoms with van der Waals surface area (Å²) in [6, 6.07) is 0. The fraction of sp³-hybridized carbons (Fsp3) is 0.936. The molecular weight excluding hydrogens is 1260 g/mol. The number of rotatable bonds is 58. The molecule has 7 fully saturated rings. The third-order valence-electron chi connectivity index (χ3n) is 27.3. The first-order valence-corrected chi connectivity index (χ1v) is 45.9. The maximum Gasteiger partial charge on any atom is 0.303 e. The molecule has 0 radical (unpaired) electrons. The van der Waals surface area contributed by atoms with E-state index >= 15 is 0 Å².